The van der Waals surface area contributed by atoms with Gasteiger partial charge < -0.3 is 18.8 Å². The number of pyridine rings is 1. The van der Waals surface area contributed by atoms with Crippen LogP contribution in [0.25, 0.3) is 0 Å². The molecule has 27 heavy (non-hydrogen) atoms. The van der Waals surface area contributed by atoms with E-state index in [1.54, 1.807) is 12.5 Å². The molecule has 2 aromatic rings. The summed E-state index contributed by atoms with van der Waals surface area (Å²) in [5.41, 5.74) is 1.80. The summed E-state index contributed by atoms with van der Waals surface area (Å²) in [4.78, 5) is 18.4. The van der Waals surface area contributed by atoms with E-state index in [-0.39, 0.29) is 11.5 Å². The molecule has 0 saturated carbocycles. The molecule has 0 radical (unpaired) electrons. The van der Waals surface area contributed by atoms with Gasteiger partial charge in [-0.05, 0) is 49.8 Å². The van der Waals surface area contributed by atoms with Crippen molar-refractivity contribution in [3.63, 3.8) is 0 Å². The molecule has 144 valence electrons. The predicted molar refractivity (Wildman–Crippen MR) is 99.3 cm³/mol. The van der Waals surface area contributed by atoms with Gasteiger partial charge in [0.05, 0.1) is 26.0 Å². The summed E-state index contributed by atoms with van der Waals surface area (Å²) in [6, 6.07) is 5.77. The number of carbonyl (C=O) groups is 1. The van der Waals surface area contributed by atoms with Gasteiger partial charge in [0, 0.05) is 31.2 Å². The Labute approximate surface area is 159 Å². The summed E-state index contributed by atoms with van der Waals surface area (Å²) in [7, 11) is 0. The zero-order valence-corrected chi connectivity index (χ0v) is 15.7. The van der Waals surface area contributed by atoms with Gasteiger partial charge in [-0.15, -0.1) is 0 Å². The SMILES string of the molecule is Cc1ccoc1C(=O)N1CC2(C[C@H](CCOCc3cccnc3)CCO2)C1. The van der Waals surface area contributed by atoms with Crippen molar-refractivity contribution in [3.05, 3.63) is 53.7 Å². The Kier molecular flexibility index (Phi) is 5.27. The van der Waals surface area contributed by atoms with Gasteiger partial charge in [0.15, 0.2) is 5.76 Å². The van der Waals surface area contributed by atoms with Crippen molar-refractivity contribution in [1.82, 2.24) is 9.88 Å². The maximum atomic E-state index is 12.5. The summed E-state index contributed by atoms with van der Waals surface area (Å²) < 4.78 is 17.2. The minimum atomic E-state index is -0.178. The van der Waals surface area contributed by atoms with Crippen LogP contribution in [0.1, 0.15) is 40.9 Å². The highest BCUT2D eigenvalue weighted by Crippen LogP contribution is 2.38. The van der Waals surface area contributed by atoms with E-state index in [1.807, 2.05) is 36.2 Å². The van der Waals surface area contributed by atoms with Gasteiger partial charge in [-0.2, -0.15) is 0 Å². The van der Waals surface area contributed by atoms with Crippen LogP contribution in [-0.4, -0.2) is 47.7 Å². The third kappa shape index (κ3) is 4.06. The van der Waals surface area contributed by atoms with Gasteiger partial charge in [-0.3, -0.25) is 9.78 Å². The van der Waals surface area contributed by atoms with Crippen LogP contribution in [0.3, 0.4) is 0 Å². The van der Waals surface area contributed by atoms with Crippen molar-refractivity contribution in [2.45, 2.75) is 38.4 Å². The van der Waals surface area contributed by atoms with Crippen LogP contribution in [0.2, 0.25) is 0 Å². The normalized spacial score (nSPS) is 21.2. The lowest BCUT2D eigenvalue weighted by atomic mass is 9.79. The maximum absolute atomic E-state index is 12.5. The molecule has 1 amide bonds. The minimum absolute atomic E-state index is 0.0337. The number of hydrogen-bond donors (Lipinski definition) is 0. The van der Waals surface area contributed by atoms with Crippen molar-refractivity contribution in [3.8, 4) is 0 Å². The Bertz CT molecular complexity index is 767. The van der Waals surface area contributed by atoms with Gasteiger partial charge in [0.1, 0.15) is 5.60 Å². The third-order valence-corrected chi connectivity index (χ3v) is 5.56. The van der Waals surface area contributed by atoms with Crippen molar-refractivity contribution in [2.24, 2.45) is 5.92 Å². The standard InChI is InChI=1S/C21H26N2O4/c1-16-4-9-26-19(16)20(24)23-14-21(15-23)11-17(6-10-27-21)5-8-25-13-18-3-2-7-22-12-18/h2-4,7,9,12,17H,5-6,8,10-11,13-15H2,1H3/t17-/m1/s1. The molecule has 2 aromatic heterocycles. The van der Waals surface area contributed by atoms with Crippen LogP contribution in [0.15, 0.2) is 41.3 Å². The quantitative estimate of drug-likeness (QED) is 0.731. The number of aryl methyl sites for hydroxylation is 1. The molecule has 0 aliphatic carbocycles. The van der Waals surface area contributed by atoms with E-state index in [4.69, 9.17) is 13.9 Å². The van der Waals surface area contributed by atoms with E-state index in [2.05, 4.69) is 4.98 Å². The summed E-state index contributed by atoms with van der Waals surface area (Å²) in [5.74, 6) is 0.991. The minimum Gasteiger partial charge on any atom is -0.459 e. The van der Waals surface area contributed by atoms with E-state index in [0.717, 1.165) is 43.6 Å². The molecule has 0 bridgehead atoms. The topological polar surface area (TPSA) is 64.8 Å². The fourth-order valence-corrected chi connectivity index (χ4v) is 4.05. The first-order chi connectivity index (χ1) is 13.2. The first-order valence-electron chi connectivity index (χ1n) is 9.59. The number of carbonyl (C=O) groups excluding carboxylic acids is 1. The number of aromatic nitrogens is 1. The molecule has 6 nitrogen and oxygen atoms in total. The maximum Gasteiger partial charge on any atom is 0.290 e. The second-order valence-electron chi connectivity index (χ2n) is 7.69. The molecule has 2 aliphatic heterocycles. The largest absolute Gasteiger partial charge is 0.459 e. The molecule has 4 heterocycles. The second-order valence-corrected chi connectivity index (χ2v) is 7.69. The molecule has 0 aromatic carbocycles. The first-order valence-corrected chi connectivity index (χ1v) is 9.59. The lowest BCUT2D eigenvalue weighted by Gasteiger charge is -2.53. The van der Waals surface area contributed by atoms with Crippen LogP contribution in [0.4, 0.5) is 0 Å². The molecule has 6 heteroatoms. The van der Waals surface area contributed by atoms with E-state index < -0.39 is 0 Å². The number of hydrogen-bond acceptors (Lipinski definition) is 5. The Balaban J connectivity index is 1.22. The monoisotopic (exact) mass is 370 g/mol. The number of furan rings is 1. The van der Waals surface area contributed by atoms with Crippen LogP contribution in [-0.2, 0) is 16.1 Å². The molecular weight excluding hydrogens is 344 g/mol. The zero-order chi connectivity index (χ0) is 18.7. The fourth-order valence-electron chi connectivity index (χ4n) is 4.05. The van der Waals surface area contributed by atoms with Gasteiger partial charge in [-0.25, -0.2) is 0 Å². The first kappa shape index (κ1) is 18.2. The Morgan fingerprint density at radius 1 is 1.41 bits per heavy atom. The summed E-state index contributed by atoms with van der Waals surface area (Å²) in [5, 5.41) is 0. The number of amides is 1. The van der Waals surface area contributed by atoms with Crippen molar-refractivity contribution < 1.29 is 18.7 Å². The summed E-state index contributed by atoms with van der Waals surface area (Å²) in [6.45, 7) is 5.30. The average molecular weight is 370 g/mol. The molecule has 1 spiro atoms. The molecule has 0 N–H and O–H groups in total. The highest BCUT2D eigenvalue weighted by molar-refractivity contribution is 5.93. The van der Waals surface area contributed by atoms with Gasteiger partial charge in [0.2, 0.25) is 0 Å². The Morgan fingerprint density at radius 2 is 2.30 bits per heavy atom. The molecule has 2 saturated heterocycles. The fraction of sp³-hybridized carbons (Fsp3) is 0.524. The average Bonchev–Trinajstić information content (AvgIpc) is 3.10. The number of likely N-dealkylation sites (tertiary alicyclic amines) is 1. The molecular formula is C21H26N2O4. The predicted octanol–water partition coefficient (Wildman–Crippen LogP) is 3.21. The van der Waals surface area contributed by atoms with Crippen LogP contribution >= 0.6 is 0 Å². The van der Waals surface area contributed by atoms with Crippen LogP contribution in [0.5, 0.6) is 0 Å². The highest BCUT2D eigenvalue weighted by Gasteiger charge is 2.49. The number of rotatable bonds is 6. The van der Waals surface area contributed by atoms with Gasteiger partial charge in [-0.1, -0.05) is 6.07 Å². The third-order valence-electron chi connectivity index (χ3n) is 5.56. The molecule has 1 atom stereocenters. The molecule has 4 rings (SSSR count). The molecule has 2 fully saturated rings. The highest BCUT2D eigenvalue weighted by atomic mass is 16.5. The summed E-state index contributed by atoms with van der Waals surface area (Å²) >= 11 is 0. The number of ether oxygens (including phenoxy) is 2. The Hall–Kier alpha value is -2.18. The van der Waals surface area contributed by atoms with Crippen LogP contribution in [0, 0.1) is 12.8 Å². The summed E-state index contributed by atoms with van der Waals surface area (Å²) in [6.07, 6.45) is 8.25. The van der Waals surface area contributed by atoms with Crippen LogP contribution < -0.4 is 0 Å². The van der Waals surface area contributed by atoms with E-state index >= 15 is 0 Å². The van der Waals surface area contributed by atoms with E-state index in [1.165, 1.54) is 0 Å². The zero-order valence-electron chi connectivity index (χ0n) is 15.7. The lowest BCUT2D eigenvalue weighted by Crippen LogP contribution is -2.66. The van der Waals surface area contributed by atoms with Gasteiger partial charge >= 0.3 is 0 Å². The smallest absolute Gasteiger partial charge is 0.290 e. The van der Waals surface area contributed by atoms with Crippen molar-refractivity contribution in [1.29, 1.82) is 0 Å². The van der Waals surface area contributed by atoms with Crippen molar-refractivity contribution >= 4 is 5.91 Å². The van der Waals surface area contributed by atoms with E-state index in [9.17, 15) is 4.79 Å². The molecule has 0 unspecified atom stereocenters. The molecule has 2 aliphatic rings. The van der Waals surface area contributed by atoms with Gasteiger partial charge in [0.25, 0.3) is 5.91 Å². The second kappa shape index (κ2) is 7.82. The lowest BCUT2D eigenvalue weighted by molar-refractivity contribution is -0.167. The Morgan fingerprint density at radius 3 is 3.04 bits per heavy atom. The van der Waals surface area contributed by atoms with Crippen molar-refractivity contribution in [2.75, 3.05) is 26.3 Å². The van der Waals surface area contributed by atoms with E-state index in [0.29, 0.717) is 31.4 Å². The number of nitrogens with zero attached hydrogens (tertiary/aromatic N) is 2.